The van der Waals surface area contributed by atoms with Gasteiger partial charge in [-0.2, -0.15) is 5.10 Å². The molecule has 1 aromatic heterocycles. The van der Waals surface area contributed by atoms with E-state index >= 15 is 0 Å². The topological polar surface area (TPSA) is 37.3 Å². The van der Waals surface area contributed by atoms with Crippen LogP contribution in [0.4, 0.5) is 5.69 Å². The van der Waals surface area contributed by atoms with Gasteiger partial charge in [-0.3, -0.25) is 10.4 Å². The smallest absolute Gasteiger partial charge is 0.0738 e. The van der Waals surface area contributed by atoms with Gasteiger partial charge in [-0.15, -0.1) is 0 Å². The lowest BCUT2D eigenvalue weighted by Crippen LogP contribution is -2.00. The fourth-order valence-electron chi connectivity index (χ4n) is 2.14. The van der Waals surface area contributed by atoms with Crippen molar-refractivity contribution in [2.24, 2.45) is 5.10 Å². The Labute approximate surface area is 138 Å². The van der Waals surface area contributed by atoms with Gasteiger partial charge in [0.1, 0.15) is 0 Å². The number of nitrogens with one attached hydrogen (secondary N) is 1. The summed E-state index contributed by atoms with van der Waals surface area (Å²) in [7, 11) is 0. The number of hydrazone groups is 1. The number of nitrogens with zero attached hydrogens (tertiary/aromatic N) is 2. The van der Waals surface area contributed by atoms with Crippen molar-refractivity contribution in [1.29, 1.82) is 0 Å². The van der Waals surface area contributed by atoms with Gasteiger partial charge >= 0.3 is 0 Å². The molecule has 0 unspecified atom stereocenters. The Morgan fingerprint density at radius 2 is 1.86 bits per heavy atom. The Morgan fingerprint density at radius 1 is 1.05 bits per heavy atom. The fourth-order valence-corrected chi connectivity index (χ4v) is 2.50. The molecule has 3 nitrogen and oxygen atoms in total. The lowest BCUT2D eigenvalue weighted by Gasteiger charge is -2.07. The van der Waals surface area contributed by atoms with Crippen LogP contribution in [-0.2, 0) is 0 Å². The third-order valence-corrected chi connectivity index (χ3v) is 3.76. The van der Waals surface area contributed by atoms with Crippen molar-refractivity contribution in [1.82, 2.24) is 4.98 Å². The molecule has 3 rings (SSSR count). The standard InChI is InChI=1S/C17H13Cl2N3/c1-11(12-3-2-4-13(18)9-12)21-22-16-7-8-20-17-10-14(19)5-6-15(16)17/h2-10H,1H3,(H,20,22)/b21-11+. The lowest BCUT2D eigenvalue weighted by atomic mass is 10.1. The first-order valence-electron chi connectivity index (χ1n) is 6.74. The predicted molar refractivity (Wildman–Crippen MR) is 94.0 cm³/mol. The van der Waals surface area contributed by atoms with Gasteiger partial charge in [0.15, 0.2) is 0 Å². The number of fused-ring (bicyclic) bond motifs is 1. The molecule has 110 valence electrons. The van der Waals surface area contributed by atoms with E-state index in [-0.39, 0.29) is 0 Å². The molecular weight excluding hydrogens is 317 g/mol. The maximum atomic E-state index is 6.00. The van der Waals surface area contributed by atoms with Crippen LogP contribution in [-0.4, -0.2) is 10.7 Å². The number of rotatable bonds is 3. The molecule has 0 radical (unpaired) electrons. The highest BCUT2D eigenvalue weighted by atomic mass is 35.5. The molecule has 0 atom stereocenters. The highest BCUT2D eigenvalue weighted by Gasteiger charge is 2.03. The second-order valence-corrected chi connectivity index (χ2v) is 5.71. The van der Waals surface area contributed by atoms with Crippen LogP contribution in [0.5, 0.6) is 0 Å². The highest BCUT2D eigenvalue weighted by molar-refractivity contribution is 6.31. The quantitative estimate of drug-likeness (QED) is 0.517. The molecule has 0 amide bonds. The van der Waals surface area contributed by atoms with Crippen LogP contribution < -0.4 is 5.43 Å². The Morgan fingerprint density at radius 3 is 2.68 bits per heavy atom. The molecule has 1 heterocycles. The van der Waals surface area contributed by atoms with Gasteiger partial charge < -0.3 is 0 Å². The summed E-state index contributed by atoms with van der Waals surface area (Å²) in [5, 5.41) is 6.75. The summed E-state index contributed by atoms with van der Waals surface area (Å²) in [5.41, 5.74) is 6.61. The molecule has 0 aliphatic rings. The number of aromatic nitrogens is 1. The van der Waals surface area contributed by atoms with Crippen LogP contribution in [0.3, 0.4) is 0 Å². The van der Waals surface area contributed by atoms with Crippen LogP contribution in [0.2, 0.25) is 10.0 Å². The molecule has 0 spiro atoms. The van der Waals surface area contributed by atoms with E-state index in [1.807, 2.05) is 55.5 Å². The molecular formula is C17H13Cl2N3. The van der Waals surface area contributed by atoms with Gasteiger partial charge in [0.25, 0.3) is 0 Å². The fraction of sp³-hybridized carbons (Fsp3) is 0.0588. The van der Waals surface area contributed by atoms with Gasteiger partial charge in [0, 0.05) is 21.6 Å². The van der Waals surface area contributed by atoms with Crippen molar-refractivity contribution in [3.8, 4) is 0 Å². The van der Waals surface area contributed by atoms with Crippen LogP contribution in [0.15, 0.2) is 59.8 Å². The third kappa shape index (κ3) is 3.21. The van der Waals surface area contributed by atoms with E-state index in [4.69, 9.17) is 23.2 Å². The van der Waals surface area contributed by atoms with Gasteiger partial charge in [-0.25, -0.2) is 0 Å². The summed E-state index contributed by atoms with van der Waals surface area (Å²) in [6.07, 6.45) is 1.73. The Bertz CT molecular complexity index is 859. The van der Waals surface area contributed by atoms with Gasteiger partial charge in [0.2, 0.25) is 0 Å². The first-order valence-corrected chi connectivity index (χ1v) is 7.49. The van der Waals surface area contributed by atoms with Crippen LogP contribution in [0.1, 0.15) is 12.5 Å². The second-order valence-electron chi connectivity index (χ2n) is 4.84. The third-order valence-electron chi connectivity index (χ3n) is 3.29. The van der Waals surface area contributed by atoms with Gasteiger partial charge in [0.05, 0.1) is 16.9 Å². The summed E-state index contributed by atoms with van der Waals surface area (Å²) >= 11 is 12.0. The molecule has 0 saturated carbocycles. The number of halogens is 2. The Kier molecular flexibility index (Phi) is 4.27. The molecule has 3 aromatic rings. The molecule has 0 aliphatic carbocycles. The van der Waals surface area contributed by atoms with Crippen LogP contribution in [0.25, 0.3) is 10.9 Å². The van der Waals surface area contributed by atoms with E-state index < -0.39 is 0 Å². The lowest BCUT2D eigenvalue weighted by molar-refractivity contribution is 1.31. The minimum atomic E-state index is 0.663. The molecule has 0 saturated heterocycles. The monoisotopic (exact) mass is 329 g/mol. The number of anilines is 1. The zero-order valence-electron chi connectivity index (χ0n) is 11.8. The molecule has 0 aliphatic heterocycles. The largest absolute Gasteiger partial charge is 0.277 e. The minimum Gasteiger partial charge on any atom is -0.277 e. The van der Waals surface area contributed by atoms with E-state index in [2.05, 4.69) is 15.5 Å². The summed E-state index contributed by atoms with van der Waals surface area (Å²) in [4.78, 5) is 4.31. The normalized spacial score (nSPS) is 11.7. The first kappa shape index (κ1) is 14.8. The summed E-state index contributed by atoms with van der Waals surface area (Å²) < 4.78 is 0. The molecule has 2 aromatic carbocycles. The Hall–Kier alpha value is -2.10. The highest BCUT2D eigenvalue weighted by Crippen LogP contribution is 2.24. The van der Waals surface area contributed by atoms with Crippen LogP contribution in [0, 0.1) is 0 Å². The summed E-state index contributed by atoms with van der Waals surface area (Å²) in [6.45, 7) is 1.93. The van der Waals surface area contributed by atoms with Crippen molar-refractivity contribution in [3.05, 3.63) is 70.3 Å². The zero-order chi connectivity index (χ0) is 15.5. The summed E-state index contributed by atoms with van der Waals surface area (Å²) in [5.74, 6) is 0. The molecule has 5 heteroatoms. The van der Waals surface area contributed by atoms with Gasteiger partial charge in [-0.1, -0.05) is 35.3 Å². The number of hydrogen-bond acceptors (Lipinski definition) is 3. The molecule has 1 N–H and O–H groups in total. The predicted octanol–water partition coefficient (Wildman–Crippen LogP) is 5.38. The van der Waals surface area contributed by atoms with E-state index in [0.717, 1.165) is 27.9 Å². The molecule has 22 heavy (non-hydrogen) atoms. The SMILES string of the molecule is C/C(=N\Nc1ccnc2cc(Cl)ccc12)c1cccc(Cl)c1. The average molecular weight is 330 g/mol. The van der Waals surface area contributed by atoms with E-state index in [1.165, 1.54) is 0 Å². The van der Waals surface area contributed by atoms with Crippen molar-refractivity contribution in [2.45, 2.75) is 6.92 Å². The van der Waals surface area contributed by atoms with E-state index in [1.54, 1.807) is 6.20 Å². The number of hydrogen-bond donors (Lipinski definition) is 1. The zero-order valence-corrected chi connectivity index (χ0v) is 13.4. The van der Waals surface area contributed by atoms with Crippen molar-refractivity contribution >= 4 is 45.5 Å². The van der Waals surface area contributed by atoms with Crippen molar-refractivity contribution < 1.29 is 0 Å². The van der Waals surface area contributed by atoms with Gasteiger partial charge in [-0.05, 0) is 48.9 Å². The van der Waals surface area contributed by atoms with Crippen molar-refractivity contribution in [3.63, 3.8) is 0 Å². The molecule has 0 fully saturated rings. The summed E-state index contributed by atoms with van der Waals surface area (Å²) in [6, 6.07) is 15.1. The van der Waals surface area contributed by atoms with Crippen molar-refractivity contribution in [2.75, 3.05) is 5.43 Å². The van der Waals surface area contributed by atoms with E-state index in [9.17, 15) is 0 Å². The molecule has 0 bridgehead atoms. The maximum Gasteiger partial charge on any atom is 0.0738 e. The van der Waals surface area contributed by atoms with E-state index in [0.29, 0.717) is 10.0 Å². The number of pyridine rings is 1. The second kappa shape index (κ2) is 6.34. The maximum absolute atomic E-state index is 6.00. The number of benzene rings is 2. The van der Waals surface area contributed by atoms with Crippen LogP contribution >= 0.6 is 23.2 Å². The first-order chi connectivity index (χ1) is 10.6. The minimum absolute atomic E-state index is 0.663. The average Bonchev–Trinajstić information content (AvgIpc) is 2.52. The Balaban J connectivity index is 1.92.